The van der Waals surface area contributed by atoms with Crippen LogP contribution in [0.3, 0.4) is 0 Å². The SMILES string of the molecule is CN1C[C@H](C(=O)NCC#CCOc2cccc(C(F)(F)F)c2)CC1=O. The summed E-state index contributed by atoms with van der Waals surface area (Å²) < 4.78 is 42.8. The molecular formula is C17H17F3N2O3. The Morgan fingerprint density at radius 1 is 1.40 bits per heavy atom. The molecule has 0 spiro atoms. The average Bonchev–Trinajstić information content (AvgIpc) is 2.89. The first-order valence-electron chi connectivity index (χ1n) is 7.55. The summed E-state index contributed by atoms with van der Waals surface area (Å²) >= 11 is 0. The van der Waals surface area contributed by atoms with Crippen LogP contribution in [0, 0.1) is 17.8 Å². The Morgan fingerprint density at radius 3 is 2.80 bits per heavy atom. The highest BCUT2D eigenvalue weighted by Gasteiger charge is 2.32. The van der Waals surface area contributed by atoms with E-state index >= 15 is 0 Å². The van der Waals surface area contributed by atoms with Gasteiger partial charge in [0.15, 0.2) is 0 Å². The summed E-state index contributed by atoms with van der Waals surface area (Å²) in [5.41, 5.74) is -0.790. The highest BCUT2D eigenvalue weighted by atomic mass is 19.4. The molecule has 1 aliphatic rings. The van der Waals surface area contributed by atoms with Gasteiger partial charge in [-0.1, -0.05) is 17.9 Å². The molecule has 0 aromatic heterocycles. The lowest BCUT2D eigenvalue weighted by Gasteiger charge is -2.09. The predicted molar refractivity (Wildman–Crippen MR) is 83.5 cm³/mol. The van der Waals surface area contributed by atoms with Crippen molar-refractivity contribution in [1.29, 1.82) is 0 Å². The number of halogens is 3. The Labute approximate surface area is 143 Å². The minimum absolute atomic E-state index is 0.0688. The second-order valence-electron chi connectivity index (χ2n) is 5.56. The maximum absolute atomic E-state index is 12.6. The monoisotopic (exact) mass is 354 g/mol. The van der Waals surface area contributed by atoms with E-state index in [1.165, 1.54) is 17.0 Å². The van der Waals surface area contributed by atoms with Gasteiger partial charge in [0, 0.05) is 20.0 Å². The Hall–Kier alpha value is -2.69. The summed E-state index contributed by atoms with van der Waals surface area (Å²) in [6.45, 7) is 0.373. The quantitative estimate of drug-likeness (QED) is 0.837. The zero-order chi connectivity index (χ0) is 18.4. The Morgan fingerprint density at radius 2 is 2.16 bits per heavy atom. The molecule has 1 N–H and O–H groups in total. The van der Waals surface area contributed by atoms with E-state index in [9.17, 15) is 22.8 Å². The molecule has 5 nitrogen and oxygen atoms in total. The number of nitrogens with one attached hydrogen (secondary N) is 1. The van der Waals surface area contributed by atoms with Crippen molar-refractivity contribution in [1.82, 2.24) is 10.2 Å². The number of benzene rings is 1. The number of alkyl halides is 3. The van der Waals surface area contributed by atoms with Crippen LogP contribution >= 0.6 is 0 Å². The normalized spacial score (nSPS) is 17.0. The highest BCUT2D eigenvalue weighted by molar-refractivity contribution is 5.89. The summed E-state index contributed by atoms with van der Waals surface area (Å²) in [6, 6.07) is 4.52. The van der Waals surface area contributed by atoms with Crippen LogP contribution in [0.4, 0.5) is 13.2 Å². The Kier molecular flexibility index (Phi) is 5.91. The number of hydrogen-bond donors (Lipinski definition) is 1. The number of hydrogen-bond acceptors (Lipinski definition) is 3. The van der Waals surface area contributed by atoms with Crippen LogP contribution in [0.25, 0.3) is 0 Å². The van der Waals surface area contributed by atoms with E-state index < -0.39 is 11.7 Å². The molecule has 1 heterocycles. The van der Waals surface area contributed by atoms with Gasteiger partial charge < -0.3 is 15.0 Å². The van der Waals surface area contributed by atoms with Gasteiger partial charge in [0.1, 0.15) is 12.4 Å². The van der Waals surface area contributed by atoms with E-state index in [-0.39, 0.29) is 43.1 Å². The van der Waals surface area contributed by atoms with Crippen molar-refractivity contribution in [2.75, 3.05) is 26.7 Å². The fourth-order valence-electron chi connectivity index (χ4n) is 2.31. The molecule has 1 saturated heterocycles. The third-order valence-electron chi connectivity index (χ3n) is 3.66. The molecule has 8 heteroatoms. The maximum Gasteiger partial charge on any atom is 0.416 e. The Balaban J connectivity index is 1.73. The molecule has 25 heavy (non-hydrogen) atoms. The van der Waals surface area contributed by atoms with Crippen LogP contribution in [0.2, 0.25) is 0 Å². The number of rotatable bonds is 4. The molecule has 0 saturated carbocycles. The van der Waals surface area contributed by atoms with Crippen molar-refractivity contribution >= 4 is 11.8 Å². The van der Waals surface area contributed by atoms with E-state index in [1.807, 2.05) is 0 Å². The van der Waals surface area contributed by atoms with Crippen molar-refractivity contribution in [3.63, 3.8) is 0 Å². The fraction of sp³-hybridized carbons (Fsp3) is 0.412. The topological polar surface area (TPSA) is 58.6 Å². The fourth-order valence-corrected chi connectivity index (χ4v) is 2.31. The molecule has 0 unspecified atom stereocenters. The molecule has 1 fully saturated rings. The summed E-state index contributed by atoms with van der Waals surface area (Å²) in [4.78, 5) is 24.7. The predicted octanol–water partition coefficient (Wildman–Crippen LogP) is 1.68. The standard InChI is InChI=1S/C17H17F3N2O3/c1-22-11-12(9-15(22)23)16(24)21-7-2-3-8-25-14-6-4-5-13(10-14)17(18,19)20/h4-6,10,12H,7-9,11H2,1H3,(H,21,24)/t12-/m1/s1. The van der Waals surface area contributed by atoms with Gasteiger partial charge >= 0.3 is 6.18 Å². The molecule has 1 aromatic rings. The lowest BCUT2D eigenvalue weighted by atomic mass is 10.1. The highest BCUT2D eigenvalue weighted by Crippen LogP contribution is 2.31. The molecule has 1 aromatic carbocycles. The number of nitrogens with zero attached hydrogens (tertiary/aromatic N) is 1. The molecule has 134 valence electrons. The third-order valence-corrected chi connectivity index (χ3v) is 3.66. The van der Waals surface area contributed by atoms with Crippen LogP contribution in [0.5, 0.6) is 5.75 Å². The van der Waals surface area contributed by atoms with Gasteiger partial charge in [0.05, 0.1) is 18.0 Å². The smallest absolute Gasteiger partial charge is 0.416 e. The lowest BCUT2D eigenvalue weighted by Crippen LogP contribution is -2.32. The second-order valence-corrected chi connectivity index (χ2v) is 5.56. The van der Waals surface area contributed by atoms with Crippen LogP contribution in [0.15, 0.2) is 24.3 Å². The van der Waals surface area contributed by atoms with Gasteiger partial charge in [-0.05, 0) is 18.2 Å². The maximum atomic E-state index is 12.6. The first kappa shape index (κ1) is 18.6. The van der Waals surface area contributed by atoms with Gasteiger partial charge in [0.2, 0.25) is 11.8 Å². The molecule has 2 amide bonds. The second kappa shape index (κ2) is 7.92. The van der Waals surface area contributed by atoms with E-state index in [0.29, 0.717) is 6.54 Å². The molecule has 1 atom stereocenters. The summed E-state index contributed by atoms with van der Waals surface area (Å²) in [6.07, 6.45) is -4.24. The summed E-state index contributed by atoms with van der Waals surface area (Å²) in [5.74, 6) is 4.64. The van der Waals surface area contributed by atoms with Gasteiger partial charge in [-0.25, -0.2) is 0 Å². The van der Waals surface area contributed by atoms with Gasteiger partial charge in [-0.3, -0.25) is 9.59 Å². The summed E-state index contributed by atoms with van der Waals surface area (Å²) in [5, 5.41) is 2.60. The van der Waals surface area contributed by atoms with Crippen molar-refractivity contribution in [2.24, 2.45) is 5.92 Å². The number of carbonyl (C=O) groups excluding carboxylic acids is 2. The number of likely N-dealkylation sites (tertiary alicyclic amines) is 1. The van der Waals surface area contributed by atoms with Crippen molar-refractivity contribution < 1.29 is 27.5 Å². The average molecular weight is 354 g/mol. The Bertz CT molecular complexity index is 707. The van der Waals surface area contributed by atoms with Gasteiger partial charge in [-0.15, -0.1) is 0 Å². The largest absolute Gasteiger partial charge is 0.481 e. The van der Waals surface area contributed by atoms with Crippen molar-refractivity contribution in [3.8, 4) is 17.6 Å². The first-order valence-corrected chi connectivity index (χ1v) is 7.55. The minimum Gasteiger partial charge on any atom is -0.481 e. The zero-order valence-corrected chi connectivity index (χ0v) is 13.5. The van der Waals surface area contributed by atoms with Crippen LogP contribution in [0.1, 0.15) is 12.0 Å². The third kappa shape index (κ3) is 5.41. The lowest BCUT2D eigenvalue weighted by molar-refractivity contribution is -0.137. The van der Waals surface area contributed by atoms with E-state index in [4.69, 9.17) is 4.74 Å². The van der Waals surface area contributed by atoms with E-state index in [2.05, 4.69) is 17.2 Å². The van der Waals surface area contributed by atoms with Crippen LogP contribution in [-0.4, -0.2) is 43.5 Å². The van der Waals surface area contributed by atoms with E-state index in [1.54, 1.807) is 7.05 Å². The number of carbonyl (C=O) groups is 2. The van der Waals surface area contributed by atoms with E-state index in [0.717, 1.165) is 12.1 Å². The molecule has 0 aliphatic carbocycles. The van der Waals surface area contributed by atoms with Gasteiger partial charge in [-0.2, -0.15) is 13.2 Å². The molecule has 0 radical (unpaired) electrons. The zero-order valence-electron chi connectivity index (χ0n) is 13.5. The number of ether oxygens (including phenoxy) is 1. The number of amides is 2. The van der Waals surface area contributed by atoms with Gasteiger partial charge in [0.25, 0.3) is 0 Å². The van der Waals surface area contributed by atoms with Crippen LogP contribution in [-0.2, 0) is 15.8 Å². The minimum atomic E-state index is -4.43. The summed E-state index contributed by atoms with van der Waals surface area (Å²) in [7, 11) is 1.64. The van der Waals surface area contributed by atoms with Crippen molar-refractivity contribution in [2.45, 2.75) is 12.6 Å². The van der Waals surface area contributed by atoms with Crippen LogP contribution < -0.4 is 10.1 Å². The molecule has 1 aliphatic heterocycles. The van der Waals surface area contributed by atoms with Crippen molar-refractivity contribution in [3.05, 3.63) is 29.8 Å². The first-order chi connectivity index (χ1) is 11.8. The molecule has 0 bridgehead atoms. The molecular weight excluding hydrogens is 337 g/mol. The molecule has 2 rings (SSSR count).